The maximum atomic E-state index is 11.3. The molecule has 0 aliphatic rings. The topological polar surface area (TPSA) is 108 Å². The number of hydrogen-bond acceptors (Lipinski definition) is 5. The molecular weight excluding hydrogens is 479 g/mol. The molecule has 0 saturated heterocycles. The Kier molecular flexibility index (Phi) is 7.82. The van der Waals surface area contributed by atoms with Crippen LogP contribution in [0.3, 0.4) is 0 Å². The number of benzene rings is 3. The molecule has 166 valence electrons. The first kappa shape index (κ1) is 23.7. The van der Waals surface area contributed by atoms with E-state index in [9.17, 15) is 14.7 Å². The number of rotatable bonds is 7. The van der Waals surface area contributed by atoms with Gasteiger partial charge >= 0.3 is 11.9 Å². The highest BCUT2D eigenvalue weighted by Gasteiger charge is 2.16. The minimum atomic E-state index is -1.64. The predicted molar refractivity (Wildman–Crippen MR) is 123 cm³/mol. The van der Waals surface area contributed by atoms with Crippen molar-refractivity contribution in [1.82, 2.24) is 5.32 Å². The van der Waals surface area contributed by atoms with Crippen molar-refractivity contribution in [3.63, 3.8) is 0 Å². The van der Waals surface area contributed by atoms with Gasteiger partial charge in [-0.15, -0.1) is 0 Å². The smallest absolute Gasteiger partial charge is 0.394 e. The summed E-state index contributed by atoms with van der Waals surface area (Å²) in [6, 6.07) is 14.7. The van der Waals surface area contributed by atoms with E-state index < -0.39 is 11.9 Å². The third-order valence-electron chi connectivity index (χ3n) is 4.28. The van der Waals surface area contributed by atoms with Crippen molar-refractivity contribution in [1.29, 1.82) is 0 Å². The molecule has 0 bridgehead atoms. The van der Waals surface area contributed by atoms with Gasteiger partial charge in [0.05, 0.1) is 10.0 Å². The van der Waals surface area contributed by atoms with Gasteiger partial charge < -0.3 is 25.6 Å². The summed E-state index contributed by atoms with van der Waals surface area (Å²) in [4.78, 5) is 22.0. The van der Waals surface area contributed by atoms with Crippen LogP contribution in [-0.4, -0.2) is 22.1 Å². The van der Waals surface area contributed by atoms with Crippen LogP contribution in [0.25, 0.3) is 0 Å². The minimum Gasteiger partial charge on any atom is -0.508 e. The third kappa shape index (κ3) is 6.27. The van der Waals surface area contributed by atoms with Crippen molar-refractivity contribution in [2.45, 2.75) is 13.1 Å². The standard InChI is InChI=1S/C22H17Cl3N2O5/c23-14-3-1-12(2-4-14)10-26-11-13-7-16(5-6-19(13)28)32-20-17(24)8-15(9-18(20)25)27-21(29)22(30)31/h1-9,26,28H,10-11H2,(H,27,29)(H,30,31). The van der Waals surface area contributed by atoms with Crippen LogP contribution in [0.1, 0.15) is 11.1 Å². The Balaban J connectivity index is 1.70. The number of aromatic hydroxyl groups is 1. The zero-order valence-corrected chi connectivity index (χ0v) is 18.6. The highest BCUT2D eigenvalue weighted by Crippen LogP contribution is 2.39. The maximum Gasteiger partial charge on any atom is 0.394 e. The molecule has 32 heavy (non-hydrogen) atoms. The number of phenols is 1. The molecule has 0 saturated carbocycles. The summed E-state index contributed by atoms with van der Waals surface area (Å²) in [5.74, 6) is -2.28. The van der Waals surface area contributed by atoms with E-state index in [-0.39, 0.29) is 27.2 Å². The Morgan fingerprint density at radius 2 is 1.56 bits per heavy atom. The van der Waals surface area contributed by atoms with Crippen molar-refractivity contribution in [2.75, 3.05) is 5.32 Å². The van der Waals surface area contributed by atoms with Gasteiger partial charge in [-0.25, -0.2) is 4.79 Å². The lowest BCUT2D eigenvalue weighted by Gasteiger charge is -2.14. The largest absolute Gasteiger partial charge is 0.508 e. The van der Waals surface area contributed by atoms with Gasteiger partial charge in [-0.05, 0) is 48.0 Å². The second kappa shape index (κ2) is 10.6. The fraction of sp³-hybridized carbons (Fsp3) is 0.0909. The molecule has 0 atom stereocenters. The van der Waals surface area contributed by atoms with E-state index in [1.54, 1.807) is 24.3 Å². The fourth-order valence-electron chi connectivity index (χ4n) is 2.74. The highest BCUT2D eigenvalue weighted by molar-refractivity contribution is 6.39. The molecule has 3 aromatic carbocycles. The van der Waals surface area contributed by atoms with Crippen molar-refractivity contribution in [3.8, 4) is 17.2 Å². The number of hydrogen-bond donors (Lipinski definition) is 4. The van der Waals surface area contributed by atoms with Gasteiger partial charge in [-0.3, -0.25) is 4.79 Å². The van der Waals surface area contributed by atoms with Crippen molar-refractivity contribution in [2.24, 2.45) is 0 Å². The number of ether oxygens (including phenoxy) is 1. The van der Waals surface area contributed by atoms with Crippen molar-refractivity contribution >= 4 is 52.4 Å². The summed E-state index contributed by atoms with van der Waals surface area (Å²) in [7, 11) is 0. The molecule has 3 aromatic rings. The van der Waals surface area contributed by atoms with Crippen LogP contribution in [-0.2, 0) is 22.7 Å². The lowest BCUT2D eigenvalue weighted by Crippen LogP contribution is -2.21. The average Bonchev–Trinajstić information content (AvgIpc) is 2.74. The number of carboxylic acids is 1. The lowest BCUT2D eigenvalue weighted by molar-refractivity contribution is -0.147. The van der Waals surface area contributed by atoms with E-state index in [0.717, 1.165) is 5.56 Å². The maximum absolute atomic E-state index is 11.3. The molecule has 0 heterocycles. The summed E-state index contributed by atoms with van der Waals surface area (Å²) in [6.45, 7) is 0.941. The molecule has 10 heteroatoms. The van der Waals surface area contributed by atoms with Gasteiger partial charge in [0.1, 0.15) is 11.5 Å². The van der Waals surface area contributed by atoms with Crippen molar-refractivity contribution < 1.29 is 24.5 Å². The van der Waals surface area contributed by atoms with Crippen LogP contribution in [0.2, 0.25) is 15.1 Å². The fourth-order valence-corrected chi connectivity index (χ4v) is 3.43. The SMILES string of the molecule is O=C(O)C(=O)Nc1cc(Cl)c(Oc2ccc(O)c(CNCc3ccc(Cl)cc3)c2)c(Cl)c1. The number of amides is 1. The molecule has 0 aliphatic carbocycles. The molecular formula is C22H17Cl3N2O5. The quantitative estimate of drug-likeness (QED) is 0.324. The zero-order valence-electron chi connectivity index (χ0n) is 16.4. The molecule has 0 unspecified atom stereocenters. The Labute approximate surface area is 198 Å². The molecule has 1 amide bonds. The third-order valence-corrected chi connectivity index (χ3v) is 5.09. The summed E-state index contributed by atoms with van der Waals surface area (Å²) in [6.07, 6.45) is 0. The Morgan fingerprint density at radius 1 is 0.906 bits per heavy atom. The Morgan fingerprint density at radius 3 is 2.19 bits per heavy atom. The summed E-state index contributed by atoms with van der Waals surface area (Å²) in [5, 5.41) is 25.0. The van der Waals surface area contributed by atoms with E-state index in [4.69, 9.17) is 44.6 Å². The zero-order chi connectivity index (χ0) is 23.3. The minimum absolute atomic E-state index is 0.0636. The van der Waals surface area contributed by atoms with Crippen LogP contribution in [0, 0.1) is 0 Å². The molecule has 0 aromatic heterocycles. The van der Waals surface area contributed by atoms with Crippen LogP contribution in [0.15, 0.2) is 54.6 Å². The number of carboxylic acid groups (broad SMARTS) is 1. The van der Waals surface area contributed by atoms with Gasteiger partial charge in [-0.1, -0.05) is 46.9 Å². The van der Waals surface area contributed by atoms with Gasteiger partial charge in [0.15, 0.2) is 5.75 Å². The number of anilines is 1. The molecule has 0 aliphatic heterocycles. The second-order valence-electron chi connectivity index (χ2n) is 6.65. The van der Waals surface area contributed by atoms with Crippen LogP contribution >= 0.6 is 34.8 Å². The molecule has 7 nitrogen and oxygen atoms in total. The van der Waals surface area contributed by atoms with E-state index in [2.05, 4.69) is 10.6 Å². The first-order valence-corrected chi connectivity index (χ1v) is 10.3. The lowest BCUT2D eigenvalue weighted by atomic mass is 10.1. The molecule has 0 spiro atoms. The Hall–Kier alpha value is -2.97. The predicted octanol–water partition coefficient (Wildman–Crippen LogP) is 5.46. The number of halogens is 3. The van der Waals surface area contributed by atoms with Crippen molar-refractivity contribution in [3.05, 3.63) is 80.8 Å². The van der Waals surface area contributed by atoms with E-state index in [1.165, 1.54) is 18.2 Å². The number of phenolic OH excluding ortho intramolecular Hbond substituents is 1. The second-order valence-corrected chi connectivity index (χ2v) is 7.90. The Bertz CT molecular complexity index is 1130. The average molecular weight is 496 g/mol. The number of carbonyl (C=O) groups excluding carboxylic acids is 1. The van der Waals surface area contributed by atoms with Crippen LogP contribution in [0.5, 0.6) is 17.2 Å². The highest BCUT2D eigenvalue weighted by atomic mass is 35.5. The molecule has 4 N–H and O–H groups in total. The van der Waals surface area contributed by atoms with E-state index >= 15 is 0 Å². The monoisotopic (exact) mass is 494 g/mol. The van der Waals surface area contributed by atoms with Gasteiger partial charge in [-0.2, -0.15) is 0 Å². The molecule has 3 rings (SSSR count). The van der Waals surface area contributed by atoms with E-state index in [1.807, 2.05) is 12.1 Å². The summed E-state index contributed by atoms with van der Waals surface area (Å²) in [5.41, 5.74) is 1.74. The number of carbonyl (C=O) groups is 2. The first-order chi connectivity index (χ1) is 15.2. The van der Waals surface area contributed by atoms with E-state index in [0.29, 0.717) is 29.4 Å². The van der Waals surface area contributed by atoms with Gasteiger partial charge in [0, 0.05) is 29.4 Å². The molecule has 0 radical (unpaired) electrons. The van der Waals surface area contributed by atoms with Gasteiger partial charge in [0.2, 0.25) is 0 Å². The summed E-state index contributed by atoms with van der Waals surface area (Å²) < 4.78 is 5.77. The number of nitrogens with one attached hydrogen (secondary N) is 2. The number of aliphatic carboxylic acids is 1. The molecule has 0 fully saturated rings. The first-order valence-electron chi connectivity index (χ1n) is 9.21. The summed E-state index contributed by atoms with van der Waals surface area (Å²) >= 11 is 18.3. The van der Waals surface area contributed by atoms with Crippen LogP contribution in [0.4, 0.5) is 5.69 Å². The normalized spacial score (nSPS) is 10.6. The van der Waals surface area contributed by atoms with Gasteiger partial charge in [0.25, 0.3) is 0 Å². The van der Waals surface area contributed by atoms with Crippen LogP contribution < -0.4 is 15.4 Å².